The van der Waals surface area contributed by atoms with Gasteiger partial charge in [-0.05, 0) is 64.2 Å². The van der Waals surface area contributed by atoms with E-state index in [0.29, 0.717) is 0 Å². The van der Waals surface area contributed by atoms with E-state index >= 15 is 0 Å². The molecule has 0 heterocycles. The minimum absolute atomic E-state index is 0. The minimum Gasteiger partial charge on any atom is -0.550 e. The van der Waals surface area contributed by atoms with Crippen molar-refractivity contribution in [1.82, 2.24) is 0 Å². The van der Waals surface area contributed by atoms with Gasteiger partial charge in [-0.3, -0.25) is 9.59 Å². The monoisotopic (exact) mass is 993 g/mol. The first-order chi connectivity index (χ1) is 16.5. The number of hydrogen-bond donors (Lipinski definition) is 2. The maximum absolute atomic E-state index is 9.77. The molecule has 32 nitrogen and oxygen atoms in total. The molecular weight excluding hydrogens is 929 g/mol. The summed E-state index contributed by atoms with van der Waals surface area (Å²) in [6.07, 6.45) is -0.935. The van der Waals surface area contributed by atoms with E-state index in [1.54, 1.807) is 0 Å². The van der Waals surface area contributed by atoms with Crippen molar-refractivity contribution in [3.05, 3.63) is 0 Å². The molecule has 35 heteroatoms. The molecule has 0 unspecified atom stereocenters. The van der Waals surface area contributed by atoms with Crippen LogP contribution in [0.5, 0.6) is 0 Å². The quantitative estimate of drug-likeness (QED) is 0.136. The van der Waals surface area contributed by atoms with Crippen LogP contribution in [-0.4, -0.2) is 113 Å². The van der Waals surface area contributed by atoms with Gasteiger partial charge in [-0.25, -0.2) is 0 Å². The molecule has 0 aromatic carbocycles. The molecule has 0 rings (SSSR count). The molecule has 0 amide bonds. The first kappa shape index (κ1) is 161. The van der Waals surface area contributed by atoms with Gasteiger partial charge in [-0.2, -0.15) is 0 Å². The van der Waals surface area contributed by atoms with Crippen LogP contribution in [0.3, 0.4) is 0 Å². The predicted molar refractivity (Wildman–Crippen MR) is 166 cm³/mol. The molecule has 0 atom stereocenters. The van der Waals surface area contributed by atoms with Crippen molar-refractivity contribution in [1.29, 1.82) is 0 Å². The molecule has 0 saturated heterocycles. The fourth-order valence-corrected chi connectivity index (χ4v) is 1.52. The topological polar surface area (TPSA) is 828 Å². The van der Waals surface area contributed by atoms with Gasteiger partial charge in [0.25, 0.3) is 0 Å². The van der Waals surface area contributed by atoms with Crippen molar-refractivity contribution in [2.24, 2.45) is 0 Å². The van der Waals surface area contributed by atoms with Gasteiger partial charge in [0.05, 0.1) is 0 Å². The molecule has 0 aliphatic rings. The molecule has 0 saturated carbocycles. The Hall–Kier alpha value is -3.36. The second-order valence-corrected chi connectivity index (χ2v) is 6.43. The summed E-state index contributed by atoms with van der Waals surface area (Å²) >= 11 is 0. The summed E-state index contributed by atoms with van der Waals surface area (Å²) in [5.74, 6) is -9.25. The van der Waals surface area contributed by atoms with Gasteiger partial charge in [0.2, 0.25) is 0 Å². The molecule has 55 heavy (non-hydrogen) atoms. The standard InChI is InChI=1S/4C5H8O4.3Co.16H2O/c4*6-4(7)2-1-3-5(8)9;;;;;;;;;;;;;;;;;;;/h4*1-3H2,(H,6,7)(H,8,9);;;;16*1H2/q;;;;3*+2;;;;;;;;;;;;;;;;. The maximum atomic E-state index is 9.77. The molecule has 0 aromatic rings. The van der Waals surface area contributed by atoms with E-state index in [-0.39, 0.29) is 215 Å². The molecule has 0 aromatic heterocycles. The van der Waals surface area contributed by atoms with Crippen molar-refractivity contribution in [2.45, 2.75) is 77.0 Å². The van der Waals surface area contributed by atoms with E-state index in [1.165, 1.54) is 0 Å². The average molecular weight is 993 g/mol. The van der Waals surface area contributed by atoms with E-state index in [1.807, 2.05) is 0 Å². The zero-order valence-corrected chi connectivity index (χ0v) is 31.7. The average Bonchev–Trinajstić information content (AvgIpc) is 2.67. The van der Waals surface area contributed by atoms with Crippen LogP contribution < -0.4 is 30.6 Å². The smallest absolute Gasteiger partial charge is 0.550 e. The Kier molecular flexibility index (Phi) is 344. The van der Waals surface area contributed by atoms with Gasteiger partial charge in [-0.15, -0.1) is 0 Å². The van der Waals surface area contributed by atoms with Crippen molar-refractivity contribution < 1.29 is 217 Å². The molecule has 40 N–H and O–H groups in total. The second kappa shape index (κ2) is 117. The van der Waals surface area contributed by atoms with Crippen LogP contribution in [0.15, 0.2) is 0 Å². The van der Waals surface area contributed by atoms with Gasteiger partial charge < -0.3 is 157 Å². The fraction of sp³-hybridized carbons (Fsp3) is 0.600. The van der Waals surface area contributed by atoms with Gasteiger partial charge in [-0.1, -0.05) is 0 Å². The minimum atomic E-state index is -1.23. The Labute approximate surface area is 341 Å². The third-order valence-electron chi connectivity index (χ3n) is 3.07. The van der Waals surface area contributed by atoms with Crippen molar-refractivity contribution in [2.75, 3.05) is 0 Å². The first-order valence-electron chi connectivity index (χ1n) is 10.1. The Morgan fingerprint density at radius 3 is 0.436 bits per heavy atom. The summed E-state index contributed by atoms with van der Waals surface area (Å²) in [6, 6.07) is 0. The van der Waals surface area contributed by atoms with E-state index in [4.69, 9.17) is 10.2 Å². The Morgan fingerprint density at radius 2 is 0.364 bits per heavy atom. The SMILES string of the molecule is O.O.O.O.O.O.O.O.O.O.O=C([O-])CCCC(=O)O.O=C([O-])CCCC(=O)O.O=C([O-])CCCC(=O)[O-].O=C([O-])CCCC(=O)[O-].[Co+2].[Co+2].[Co+2].[OH3+].[OH3+].[OH3+].[OH3+].[OH3+].[OH3+]. The summed E-state index contributed by atoms with van der Waals surface area (Å²) in [5.41, 5.74) is 0. The molecule has 0 bridgehead atoms. The number of aliphatic carboxylic acids is 8. The molecule has 3 radical (unpaired) electrons. The Balaban J connectivity index is -0.0000000106. The maximum Gasteiger partial charge on any atom is 2.00 e. The first-order valence-corrected chi connectivity index (χ1v) is 10.1. The second-order valence-electron chi connectivity index (χ2n) is 6.43. The van der Waals surface area contributed by atoms with Crippen molar-refractivity contribution in [3.8, 4) is 0 Å². The number of carboxylic acids is 8. The largest absolute Gasteiger partial charge is 2.00 e. The Morgan fingerprint density at radius 1 is 0.273 bits per heavy atom. The fourth-order valence-electron chi connectivity index (χ4n) is 1.52. The third-order valence-corrected chi connectivity index (χ3v) is 3.07. The van der Waals surface area contributed by atoms with Crippen LogP contribution in [-0.2, 0) is 122 Å². The van der Waals surface area contributed by atoms with Crippen molar-refractivity contribution >= 4 is 47.8 Å². The van der Waals surface area contributed by atoms with E-state index in [0.717, 1.165) is 0 Å². The Bertz CT molecular complexity index is 568. The molecule has 0 aliphatic carbocycles. The number of carbonyl (C=O) groups excluding carboxylic acids is 6. The van der Waals surface area contributed by atoms with Crippen LogP contribution in [0, 0.1) is 0 Å². The molecule has 357 valence electrons. The number of carboxylic acid groups (broad SMARTS) is 8. The van der Waals surface area contributed by atoms with Crippen LogP contribution >= 0.6 is 0 Å². The predicted octanol–water partition coefficient (Wildman–Crippen LogP) is -20.5. The molecular formula is C20H64Co3O32+6. The van der Waals surface area contributed by atoms with E-state index in [9.17, 15) is 69.0 Å². The number of hydrogen-bond acceptors (Lipinski definition) is 14. The molecule has 0 aliphatic heterocycles. The summed E-state index contributed by atoms with van der Waals surface area (Å²) in [7, 11) is 0. The third kappa shape index (κ3) is 281. The summed E-state index contributed by atoms with van der Waals surface area (Å²) in [6.45, 7) is 0. The van der Waals surface area contributed by atoms with Gasteiger partial charge in [0.15, 0.2) is 0 Å². The van der Waals surface area contributed by atoms with Gasteiger partial charge in [0, 0.05) is 48.7 Å². The van der Waals surface area contributed by atoms with Crippen LogP contribution in [0.4, 0.5) is 0 Å². The van der Waals surface area contributed by atoms with E-state index < -0.39 is 47.8 Å². The van der Waals surface area contributed by atoms with Gasteiger partial charge in [0.1, 0.15) is 0 Å². The number of carbonyl (C=O) groups is 8. The zero-order chi connectivity index (χ0) is 29.1. The van der Waals surface area contributed by atoms with Crippen LogP contribution in [0.2, 0.25) is 0 Å². The van der Waals surface area contributed by atoms with Crippen LogP contribution in [0.25, 0.3) is 0 Å². The van der Waals surface area contributed by atoms with E-state index in [2.05, 4.69) is 0 Å². The molecule has 0 spiro atoms. The zero-order valence-electron chi connectivity index (χ0n) is 28.6. The number of rotatable bonds is 16. The summed E-state index contributed by atoms with van der Waals surface area (Å²) in [5, 5.41) is 74.0. The molecule has 0 fully saturated rings. The summed E-state index contributed by atoms with van der Waals surface area (Å²) in [4.78, 5) is 77.5. The van der Waals surface area contributed by atoms with Crippen molar-refractivity contribution in [3.63, 3.8) is 0 Å². The van der Waals surface area contributed by atoms with Crippen LogP contribution in [0.1, 0.15) is 77.0 Å². The summed E-state index contributed by atoms with van der Waals surface area (Å²) < 4.78 is 0. The van der Waals surface area contributed by atoms with Gasteiger partial charge >= 0.3 is 62.3 Å². The normalized spacial score (nSPS) is 5.82.